The van der Waals surface area contributed by atoms with Crippen molar-refractivity contribution in [3.8, 4) is 0 Å². The predicted octanol–water partition coefficient (Wildman–Crippen LogP) is 1.58. The molecule has 0 N–H and O–H groups in total. The first-order valence-electron chi connectivity index (χ1n) is 4.70. The van der Waals surface area contributed by atoms with E-state index in [1.54, 1.807) is 0 Å². The highest BCUT2D eigenvalue weighted by molar-refractivity contribution is 5.60. The van der Waals surface area contributed by atoms with Gasteiger partial charge in [0, 0.05) is 12.3 Å². The van der Waals surface area contributed by atoms with Gasteiger partial charge in [-0.1, -0.05) is 0 Å². The van der Waals surface area contributed by atoms with Crippen LogP contribution in [0.25, 0.3) is 0 Å². The van der Waals surface area contributed by atoms with E-state index in [0.717, 1.165) is 37.8 Å². The third-order valence-corrected chi connectivity index (χ3v) is 3.77. The fourth-order valence-corrected chi connectivity index (χ4v) is 3.12. The number of fused-ring (bicyclic) bond motifs is 2. The van der Waals surface area contributed by atoms with Crippen LogP contribution in [0.4, 0.5) is 0 Å². The fourth-order valence-electron chi connectivity index (χ4n) is 3.12. The van der Waals surface area contributed by atoms with Gasteiger partial charge in [-0.15, -0.1) is 0 Å². The van der Waals surface area contributed by atoms with Crippen LogP contribution in [0.1, 0.15) is 32.1 Å². The summed E-state index contributed by atoms with van der Waals surface area (Å²) in [6.45, 7) is 0. The molecule has 2 aliphatic rings. The largest absolute Gasteiger partial charge is 0.303 e. The van der Waals surface area contributed by atoms with Crippen LogP contribution in [0, 0.1) is 17.3 Å². The van der Waals surface area contributed by atoms with Crippen molar-refractivity contribution >= 4 is 12.6 Å². The van der Waals surface area contributed by atoms with Gasteiger partial charge in [-0.25, -0.2) is 0 Å². The van der Waals surface area contributed by atoms with Gasteiger partial charge in [-0.3, -0.25) is 0 Å². The fraction of sp³-hybridized carbons (Fsp3) is 0.800. The second-order valence-corrected chi connectivity index (χ2v) is 4.32. The number of rotatable bonds is 3. The molecule has 2 fully saturated rings. The van der Waals surface area contributed by atoms with Crippen LogP contribution in [0.3, 0.4) is 0 Å². The van der Waals surface area contributed by atoms with Crippen molar-refractivity contribution in [3.63, 3.8) is 0 Å². The molecule has 2 saturated carbocycles. The average molecular weight is 166 g/mol. The van der Waals surface area contributed by atoms with Crippen LogP contribution in [0.15, 0.2) is 0 Å². The Morgan fingerprint density at radius 1 is 1.42 bits per heavy atom. The molecule has 0 aliphatic heterocycles. The topological polar surface area (TPSA) is 34.1 Å². The molecule has 0 amide bonds. The van der Waals surface area contributed by atoms with E-state index < -0.39 is 0 Å². The van der Waals surface area contributed by atoms with Gasteiger partial charge < -0.3 is 9.59 Å². The third kappa shape index (κ3) is 0.936. The SMILES string of the molecule is O=CCC12CCC(CC1C=O)C2. The number of carbonyl (C=O) groups excluding carboxylic acids is 2. The van der Waals surface area contributed by atoms with Crippen molar-refractivity contribution in [3.05, 3.63) is 0 Å². The lowest BCUT2D eigenvalue weighted by Crippen LogP contribution is -2.26. The minimum Gasteiger partial charge on any atom is -0.303 e. The molecule has 2 nitrogen and oxygen atoms in total. The summed E-state index contributed by atoms with van der Waals surface area (Å²) in [5.41, 5.74) is 0.0914. The Balaban J connectivity index is 2.19. The Morgan fingerprint density at radius 2 is 2.25 bits per heavy atom. The molecule has 0 spiro atoms. The lowest BCUT2D eigenvalue weighted by Gasteiger charge is -2.29. The molecule has 2 rings (SSSR count). The number of carbonyl (C=O) groups is 2. The number of aldehydes is 2. The van der Waals surface area contributed by atoms with E-state index in [1.807, 2.05) is 0 Å². The molecule has 2 bridgehead atoms. The van der Waals surface area contributed by atoms with Crippen LogP contribution in [-0.2, 0) is 9.59 Å². The molecule has 0 heterocycles. The van der Waals surface area contributed by atoms with E-state index in [4.69, 9.17) is 0 Å². The lowest BCUT2D eigenvalue weighted by molar-refractivity contribution is -0.116. The van der Waals surface area contributed by atoms with E-state index in [-0.39, 0.29) is 11.3 Å². The van der Waals surface area contributed by atoms with Crippen LogP contribution in [0.2, 0.25) is 0 Å². The molecule has 0 aromatic carbocycles. The molecule has 2 heteroatoms. The normalized spacial score (nSPS) is 44.7. The minimum absolute atomic E-state index is 0.0914. The average Bonchev–Trinajstić information content (AvgIpc) is 2.60. The summed E-state index contributed by atoms with van der Waals surface area (Å²) in [6, 6.07) is 0. The first-order valence-corrected chi connectivity index (χ1v) is 4.70. The van der Waals surface area contributed by atoms with Crippen molar-refractivity contribution in [2.45, 2.75) is 32.1 Å². The molecule has 0 aromatic heterocycles. The molecule has 0 saturated heterocycles. The van der Waals surface area contributed by atoms with Crippen LogP contribution in [-0.4, -0.2) is 12.6 Å². The van der Waals surface area contributed by atoms with Gasteiger partial charge in [-0.05, 0) is 37.0 Å². The molecule has 3 unspecified atom stereocenters. The maximum atomic E-state index is 10.8. The second kappa shape index (κ2) is 2.68. The van der Waals surface area contributed by atoms with Gasteiger partial charge in [-0.2, -0.15) is 0 Å². The quantitative estimate of drug-likeness (QED) is 0.596. The first-order chi connectivity index (χ1) is 5.80. The van der Waals surface area contributed by atoms with Gasteiger partial charge >= 0.3 is 0 Å². The molecular weight excluding hydrogens is 152 g/mol. The molecule has 12 heavy (non-hydrogen) atoms. The predicted molar refractivity (Wildman–Crippen MR) is 44.6 cm³/mol. The summed E-state index contributed by atoms with van der Waals surface area (Å²) in [5.74, 6) is 0.918. The van der Waals surface area contributed by atoms with E-state index in [9.17, 15) is 9.59 Å². The Hall–Kier alpha value is -0.660. The van der Waals surface area contributed by atoms with E-state index in [2.05, 4.69) is 0 Å². The zero-order valence-electron chi connectivity index (χ0n) is 7.16. The van der Waals surface area contributed by atoms with Gasteiger partial charge in [0.15, 0.2) is 0 Å². The Morgan fingerprint density at radius 3 is 2.83 bits per heavy atom. The van der Waals surface area contributed by atoms with Crippen LogP contribution < -0.4 is 0 Å². The summed E-state index contributed by atoms with van der Waals surface area (Å²) in [6.07, 6.45) is 7.16. The summed E-state index contributed by atoms with van der Waals surface area (Å²) in [5, 5.41) is 0. The lowest BCUT2D eigenvalue weighted by atomic mass is 9.74. The van der Waals surface area contributed by atoms with Crippen LogP contribution >= 0.6 is 0 Å². The Kier molecular flexibility index (Phi) is 1.78. The second-order valence-electron chi connectivity index (χ2n) is 4.32. The Labute approximate surface area is 72.3 Å². The monoisotopic (exact) mass is 166 g/mol. The van der Waals surface area contributed by atoms with Gasteiger partial charge in [0.1, 0.15) is 12.6 Å². The van der Waals surface area contributed by atoms with Crippen molar-refractivity contribution in [2.24, 2.45) is 17.3 Å². The van der Waals surface area contributed by atoms with E-state index in [0.29, 0.717) is 6.42 Å². The highest BCUT2D eigenvalue weighted by Gasteiger charge is 2.51. The van der Waals surface area contributed by atoms with Crippen molar-refractivity contribution < 1.29 is 9.59 Å². The maximum absolute atomic E-state index is 10.8. The number of hydrogen-bond donors (Lipinski definition) is 0. The zero-order chi connectivity index (χ0) is 8.60. The molecule has 66 valence electrons. The standard InChI is InChI=1S/C10H14O2/c11-4-3-10-2-1-8(6-10)5-9(10)7-12/h4,7-9H,1-3,5-6H2. The summed E-state index contributed by atoms with van der Waals surface area (Å²) in [7, 11) is 0. The zero-order valence-corrected chi connectivity index (χ0v) is 7.16. The molecule has 0 radical (unpaired) electrons. The smallest absolute Gasteiger partial charge is 0.123 e. The summed E-state index contributed by atoms with van der Waals surface area (Å²) in [4.78, 5) is 21.3. The molecule has 2 aliphatic carbocycles. The van der Waals surface area contributed by atoms with E-state index in [1.165, 1.54) is 6.42 Å². The summed E-state index contributed by atoms with van der Waals surface area (Å²) < 4.78 is 0. The molecule has 0 aromatic rings. The highest BCUT2D eigenvalue weighted by atomic mass is 16.1. The summed E-state index contributed by atoms with van der Waals surface area (Å²) >= 11 is 0. The highest BCUT2D eigenvalue weighted by Crippen LogP contribution is 2.58. The van der Waals surface area contributed by atoms with Crippen LogP contribution in [0.5, 0.6) is 0 Å². The van der Waals surface area contributed by atoms with E-state index >= 15 is 0 Å². The molecule has 3 atom stereocenters. The molecular formula is C10H14O2. The third-order valence-electron chi connectivity index (χ3n) is 3.77. The minimum atomic E-state index is 0.0914. The maximum Gasteiger partial charge on any atom is 0.123 e. The first kappa shape index (κ1) is 7.96. The van der Waals surface area contributed by atoms with Crippen molar-refractivity contribution in [2.75, 3.05) is 0 Å². The Bertz CT molecular complexity index is 212. The number of hydrogen-bond acceptors (Lipinski definition) is 2. The van der Waals surface area contributed by atoms with Crippen molar-refractivity contribution in [1.29, 1.82) is 0 Å². The van der Waals surface area contributed by atoms with Crippen molar-refractivity contribution in [1.82, 2.24) is 0 Å². The van der Waals surface area contributed by atoms with Gasteiger partial charge in [0.05, 0.1) is 0 Å². The van der Waals surface area contributed by atoms with Gasteiger partial charge in [0.2, 0.25) is 0 Å². The van der Waals surface area contributed by atoms with Gasteiger partial charge in [0.25, 0.3) is 0 Å².